The molecule has 3 heteroatoms. The maximum Gasteiger partial charge on any atom is 0.191 e. The van der Waals surface area contributed by atoms with E-state index in [-0.39, 0.29) is 6.04 Å². The van der Waals surface area contributed by atoms with Crippen LogP contribution in [0.15, 0.2) is 4.42 Å². The van der Waals surface area contributed by atoms with Crippen molar-refractivity contribution < 1.29 is 4.42 Å². The van der Waals surface area contributed by atoms with Crippen molar-refractivity contribution in [2.45, 2.75) is 33.2 Å². The van der Waals surface area contributed by atoms with E-state index < -0.39 is 0 Å². The van der Waals surface area contributed by atoms with Gasteiger partial charge in [0, 0.05) is 6.92 Å². The van der Waals surface area contributed by atoms with Crippen LogP contribution in [0.5, 0.6) is 0 Å². The van der Waals surface area contributed by atoms with Crippen LogP contribution in [0, 0.1) is 13.8 Å². The van der Waals surface area contributed by atoms with Crippen molar-refractivity contribution in [1.29, 1.82) is 0 Å². The van der Waals surface area contributed by atoms with Gasteiger partial charge in [0.1, 0.15) is 5.76 Å². The van der Waals surface area contributed by atoms with Crippen LogP contribution in [0.25, 0.3) is 0 Å². The Morgan fingerprint density at radius 2 is 2.18 bits per heavy atom. The first-order chi connectivity index (χ1) is 5.15. The summed E-state index contributed by atoms with van der Waals surface area (Å²) in [5, 5.41) is 0. The standard InChI is InChI=1S/C8H14N2O/c1-4-7(9)8-5(2)10-6(3)11-8/h7H,4,9H2,1-3H3. The zero-order valence-corrected chi connectivity index (χ0v) is 7.22. The molecule has 62 valence electrons. The van der Waals surface area contributed by atoms with Gasteiger partial charge in [-0.05, 0) is 13.3 Å². The van der Waals surface area contributed by atoms with Crippen LogP contribution in [0.1, 0.15) is 36.7 Å². The third-order valence-electron chi connectivity index (χ3n) is 1.72. The number of oxazole rings is 1. The number of aromatic nitrogens is 1. The van der Waals surface area contributed by atoms with Crippen LogP contribution in [-0.2, 0) is 0 Å². The zero-order valence-electron chi connectivity index (χ0n) is 7.22. The fourth-order valence-electron chi connectivity index (χ4n) is 1.08. The Morgan fingerprint density at radius 1 is 1.55 bits per heavy atom. The Morgan fingerprint density at radius 3 is 2.55 bits per heavy atom. The molecule has 0 radical (unpaired) electrons. The Labute approximate surface area is 66.6 Å². The lowest BCUT2D eigenvalue weighted by Crippen LogP contribution is -2.08. The predicted molar refractivity (Wildman–Crippen MR) is 43.2 cm³/mol. The molecule has 0 aliphatic heterocycles. The van der Waals surface area contributed by atoms with Gasteiger partial charge in [-0.1, -0.05) is 6.92 Å². The first-order valence-corrected chi connectivity index (χ1v) is 3.84. The van der Waals surface area contributed by atoms with Crippen LogP contribution >= 0.6 is 0 Å². The molecule has 0 amide bonds. The number of nitrogens with two attached hydrogens (primary N) is 1. The van der Waals surface area contributed by atoms with Gasteiger partial charge in [0.2, 0.25) is 0 Å². The minimum absolute atomic E-state index is 0.00352. The highest BCUT2D eigenvalue weighted by Gasteiger charge is 2.12. The molecule has 0 aliphatic carbocycles. The molecule has 3 nitrogen and oxygen atoms in total. The molecule has 0 saturated carbocycles. The molecule has 0 aliphatic rings. The van der Waals surface area contributed by atoms with Gasteiger partial charge in [0.25, 0.3) is 0 Å². The third kappa shape index (κ3) is 1.60. The average molecular weight is 154 g/mol. The number of nitrogens with zero attached hydrogens (tertiary/aromatic N) is 1. The molecule has 1 heterocycles. The van der Waals surface area contributed by atoms with E-state index in [9.17, 15) is 0 Å². The second-order valence-corrected chi connectivity index (χ2v) is 2.70. The minimum Gasteiger partial charge on any atom is -0.444 e. The minimum atomic E-state index is -0.00352. The molecule has 1 aromatic rings. The smallest absolute Gasteiger partial charge is 0.191 e. The molecule has 0 spiro atoms. The number of aryl methyl sites for hydroxylation is 2. The predicted octanol–water partition coefficient (Wildman–Crippen LogP) is 1.70. The fraction of sp³-hybridized carbons (Fsp3) is 0.625. The zero-order chi connectivity index (χ0) is 8.43. The van der Waals surface area contributed by atoms with Gasteiger partial charge in [0.05, 0.1) is 11.7 Å². The first kappa shape index (κ1) is 8.27. The summed E-state index contributed by atoms with van der Waals surface area (Å²) in [4.78, 5) is 4.13. The maximum absolute atomic E-state index is 5.77. The normalized spacial score (nSPS) is 13.5. The van der Waals surface area contributed by atoms with Gasteiger partial charge in [-0.25, -0.2) is 4.98 Å². The van der Waals surface area contributed by atoms with Crippen molar-refractivity contribution in [3.05, 3.63) is 17.3 Å². The summed E-state index contributed by atoms with van der Waals surface area (Å²) in [6.07, 6.45) is 0.884. The van der Waals surface area contributed by atoms with Crippen molar-refractivity contribution in [2.24, 2.45) is 5.73 Å². The largest absolute Gasteiger partial charge is 0.444 e. The van der Waals surface area contributed by atoms with Crippen LogP contribution in [0.2, 0.25) is 0 Å². The van der Waals surface area contributed by atoms with Crippen molar-refractivity contribution in [3.63, 3.8) is 0 Å². The van der Waals surface area contributed by atoms with E-state index in [4.69, 9.17) is 10.2 Å². The summed E-state index contributed by atoms with van der Waals surface area (Å²) >= 11 is 0. The highest BCUT2D eigenvalue weighted by molar-refractivity contribution is 5.11. The quantitative estimate of drug-likeness (QED) is 0.705. The highest BCUT2D eigenvalue weighted by atomic mass is 16.4. The van der Waals surface area contributed by atoms with Crippen LogP contribution in [0.3, 0.4) is 0 Å². The topological polar surface area (TPSA) is 52.0 Å². The van der Waals surface area contributed by atoms with Gasteiger partial charge in [-0.2, -0.15) is 0 Å². The fourth-order valence-corrected chi connectivity index (χ4v) is 1.08. The van der Waals surface area contributed by atoms with Crippen LogP contribution in [0.4, 0.5) is 0 Å². The molecule has 11 heavy (non-hydrogen) atoms. The lowest BCUT2D eigenvalue weighted by Gasteiger charge is -2.03. The average Bonchev–Trinajstić information content (AvgIpc) is 2.28. The van der Waals surface area contributed by atoms with E-state index in [2.05, 4.69) is 4.98 Å². The lowest BCUT2D eigenvalue weighted by molar-refractivity contribution is 0.434. The summed E-state index contributed by atoms with van der Waals surface area (Å²) < 4.78 is 5.33. The van der Waals surface area contributed by atoms with Crippen molar-refractivity contribution in [3.8, 4) is 0 Å². The monoisotopic (exact) mass is 154 g/mol. The van der Waals surface area contributed by atoms with Crippen molar-refractivity contribution in [2.75, 3.05) is 0 Å². The van der Waals surface area contributed by atoms with Crippen LogP contribution in [-0.4, -0.2) is 4.98 Å². The molecule has 0 fully saturated rings. The molecule has 1 rings (SSSR count). The number of hydrogen-bond acceptors (Lipinski definition) is 3. The molecule has 0 bridgehead atoms. The van der Waals surface area contributed by atoms with E-state index in [0.717, 1.165) is 17.9 Å². The highest BCUT2D eigenvalue weighted by Crippen LogP contribution is 2.18. The third-order valence-corrected chi connectivity index (χ3v) is 1.72. The summed E-state index contributed by atoms with van der Waals surface area (Å²) in [5.41, 5.74) is 6.69. The van der Waals surface area contributed by atoms with E-state index in [0.29, 0.717) is 5.89 Å². The second kappa shape index (κ2) is 3.05. The van der Waals surface area contributed by atoms with Gasteiger partial charge < -0.3 is 10.2 Å². The summed E-state index contributed by atoms with van der Waals surface area (Å²) in [5.74, 6) is 1.52. The number of rotatable bonds is 2. The van der Waals surface area contributed by atoms with Gasteiger partial charge in [0.15, 0.2) is 5.89 Å². The summed E-state index contributed by atoms with van der Waals surface area (Å²) in [7, 11) is 0. The van der Waals surface area contributed by atoms with Gasteiger partial charge in [-0.15, -0.1) is 0 Å². The van der Waals surface area contributed by atoms with Crippen molar-refractivity contribution in [1.82, 2.24) is 4.98 Å². The lowest BCUT2D eigenvalue weighted by atomic mass is 10.1. The van der Waals surface area contributed by atoms with Crippen molar-refractivity contribution >= 4 is 0 Å². The van der Waals surface area contributed by atoms with Gasteiger partial charge in [-0.3, -0.25) is 0 Å². The van der Waals surface area contributed by atoms with E-state index in [1.54, 1.807) is 0 Å². The molecule has 0 saturated heterocycles. The Balaban J connectivity index is 2.93. The Hall–Kier alpha value is -0.830. The Bertz CT molecular complexity index is 242. The van der Waals surface area contributed by atoms with E-state index in [1.165, 1.54) is 0 Å². The van der Waals surface area contributed by atoms with Crippen LogP contribution < -0.4 is 5.73 Å². The molecule has 2 N–H and O–H groups in total. The summed E-state index contributed by atoms with van der Waals surface area (Å²) in [6, 6.07) is -0.00352. The van der Waals surface area contributed by atoms with E-state index >= 15 is 0 Å². The molecular weight excluding hydrogens is 140 g/mol. The Kier molecular flexibility index (Phi) is 2.29. The first-order valence-electron chi connectivity index (χ1n) is 3.84. The summed E-state index contributed by atoms with van der Waals surface area (Å²) in [6.45, 7) is 5.78. The number of hydrogen-bond donors (Lipinski definition) is 1. The SMILES string of the molecule is CCC(N)c1oc(C)nc1C. The molecule has 0 aromatic carbocycles. The molecule has 1 atom stereocenters. The molecule has 1 aromatic heterocycles. The van der Waals surface area contributed by atoms with Gasteiger partial charge >= 0.3 is 0 Å². The maximum atomic E-state index is 5.77. The molecular formula is C8H14N2O. The second-order valence-electron chi connectivity index (χ2n) is 2.70. The molecule has 1 unspecified atom stereocenters. The van der Waals surface area contributed by atoms with E-state index in [1.807, 2.05) is 20.8 Å².